The summed E-state index contributed by atoms with van der Waals surface area (Å²) in [6, 6.07) is 8.37. The van der Waals surface area contributed by atoms with E-state index >= 15 is 0 Å². The van der Waals surface area contributed by atoms with Crippen LogP contribution in [0.15, 0.2) is 84.3 Å². The summed E-state index contributed by atoms with van der Waals surface area (Å²) in [5.41, 5.74) is 2.04. The number of benzene rings is 1. The minimum absolute atomic E-state index is 0.0156. The van der Waals surface area contributed by atoms with Crippen LogP contribution in [0.4, 0.5) is 0 Å². The van der Waals surface area contributed by atoms with Gasteiger partial charge in [0.2, 0.25) is 0 Å². The van der Waals surface area contributed by atoms with Crippen LogP contribution in [0.25, 0.3) is 0 Å². The Bertz CT molecular complexity index is 1280. The van der Waals surface area contributed by atoms with Crippen molar-refractivity contribution in [3.8, 4) is 0 Å². The monoisotopic (exact) mass is 660 g/mol. The van der Waals surface area contributed by atoms with Gasteiger partial charge in [-0.15, -0.1) is 6.58 Å². The average molecular weight is 661 g/mol. The van der Waals surface area contributed by atoms with Gasteiger partial charge < -0.3 is 33.9 Å². The largest absolute Gasteiger partial charge is 0.394 e. The SMILES string of the molecule is C=CCOC/C=C/C1CC(=C)C(CCC2C[C@@H](C)C(=C)C(C[C@@H]3OC(CC(O)CO)[C@H](OC)[C@H]3CS(=O)(=O)c3ccccc3)O2)O1. The lowest BCUT2D eigenvalue weighted by molar-refractivity contribution is -0.0785. The van der Waals surface area contributed by atoms with Gasteiger partial charge >= 0.3 is 0 Å². The Morgan fingerprint density at radius 2 is 1.83 bits per heavy atom. The van der Waals surface area contributed by atoms with Gasteiger partial charge in [-0.2, -0.15) is 0 Å². The maximum absolute atomic E-state index is 13.5. The molecule has 46 heavy (non-hydrogen) atoms. The maximum atomic E-state index is 13.5. The molecule has 0 aliphatic carbocycles. The van der Waals surface area contributed by atoms with Crippen molar-refractivity contribution in [3.05, 3.63) is 79.4 Å². The fourth-order valence-electron chi connectivity index (χ4n) is 6.90. The van der Waals surface area contributed by atoms with Gasteiger partial charge in [-0.3, -0.25) is 0 Å². The fraction of sp³-hybridized carbons (Fsp3) is 0.611. The van der Waals surface area contributed by atoms with E-state index in [1.165, 1.54) is 7.11 Å². The standard InChI is InChI=1S/C36H52O9S/c1-6-16-42-17-10-11-28-19-25(3)32(43-28)15-14-29-18-24(2)26(4)33(44-29)21-34-31(23-46(39,40)30-12-8-7-9-13-30)36(41-5)35(45-34)20-27(38)22-37/h6-13,24,27-29,31-38H,1,3-4,14-23H2,2,5H3/b11-10+/t24-,27?,28?,29?,31+,32?,33?,34+,35?,36-/m1/s1. The van der Waals surface area contributed by atoms with Crippen molar-refractivity contribution in [2.75, 3.05) is 32.7 Å². The normalized spacial score (nSPS) is 32.7. The van der Waals surface area contributed by atoms with Crippen LogP contribution in [0.2, 0.25) is 0 Å². The molecule has 3 heterocycles. The van der Waals surface area contributed by atoms with E-state index in [-0.39, 0.29) is 47.4 Å². The summed E-state index contributed by atoms with van der Waals surface area (Å²) in [6.07, 6.45) is 6.34. The molecule has 0 spiro atoms. The summed E-state index contributed by atoms with van der Waals surface area (Å²) in [7, 11) is -2.14. The lowest BCUT2D eigenvalue weighted by Gasteiger charge is -2.38. The first-order valence-corrected chi connectivity index (χ1v) is 18.0. The molecule has 0 amide bonds. The van der Waals surface area contributed by atoms with E-state index in [0.717, 1.165) is 36.8 Å². The lowest BCUT2D eigenvalue weighted by atomic mass is 9.83. The summed E-state index contributed by atoms with van der Waals surface area (Å²) >= 11 is 0. The topological polar surface area (TPSA) is 121 Å². The van der Waals surface area contributed by atoms with Crippen molar-refractivity contribution in [3.63, 3.8) is 0 Å². The van der Waals surface area contributed by atoms with Crippen LogP contribution >= 0.6 is 0 Å². The van der Waals surface area contributed by atoms with Crippen molar-refractivity contribution in [2.24, 2.45) is 11.8 Å². The molecule has 9 nitrogen and oxygen atoms in total. The molecule has 0 aromatic heterocycles. The predicted molar refractivity (Wildman–Crippen MR) is 177 cm³/mol. The second-order valence-electron chi connectivity index (χ2n) is 12.8. The zero-order valence-electron chi connectivity index (χ0n) is 27.2. The summed E-state index contributed by atoms with van der Waals surface area (Å²) in [4.78, 5) is 0.240. The number of hydrogen-bond acceptors (Lipinski definition) is 9. The molecule has 6 unspecified atom stereocenters. The average Bonchev–Trinajstić information content (AvgIpc) is 3.55. The van der Waals surface area contributed by atoms with Crippen molar-refractivity contribution >= 4 is 9.84 Å². The highest BCUT2D eigenvalue weighted by atomic mass is 32.2. The number of aliphatic hydroxyl groups excluding tert-OH is 2. The van der Waals surface area contributed by atoms with Crippen LogP contribution < -0.4 is 0 Å². The molecule has 1 aromatic rings. The fourth-order valence-corrected chi connectivity index (χ4v) is 8.57. The van der Waals surface area contributed by atoms with Crippen LogP contribution in [0, 0.1) is 11.8 Å². The lowest BCUT2D eigenvalue weighted by Crippen LogP contribution is -2.40. The van der Waals surface area contributed by atoms with Crippen LogP contribution in [0.5, 0.6) is 0 Å². The van der Waals surface area contributed by atoms with E-state index in [9.17, 15) is 18.6 Å². The number of rotatable bonds is 17. The van der Waals surface area contributed by atoms with Crippen molar-refractivity contribution in [1.82, 2.24) is 0 Å². The van der Waals surface area contributed by atoms with E-state index in [1.807, 2.05) is 12.2 Å². The molecule has 3 aliphatic rings. The van der Waals surface area contributed by atoms with Crippen LogP contribution in [-0.2, 0) is 33.5 Å². The van der Waals surface area contributed by atoms with E-state index < -0.39 is 46.8 Å². The Morgan fingerprint density at radius 3 is 2.52 bits per heavy atom. The number of hydrogen-bond donors (Lipinski definition) is 2. The van der Waals surface area contributed by atoms with Crippen molar-refractivity contribution in [2.45, 2.75) is 99.2 Å². The third-order valence-corrected chi connectivity index (χ3v) is 11.2. The third-order valence-electron chi connectivity index (χ3n) is 9.39. The molecule has 3 saturated heterocycles. The van der Waals surface area contributed by atoms with E-state index in [4.69, 9.17) is 23.7 Å². The minimum atomic E-state index is -3.66. The second-order valence-corrected chi connectivity index (χ2v) is 14.8. The molecule has 1 aromatic carbocycles. The Morgan fingerprint density at radius 1 is 1.07 bits per heavy atom. The van der Waals surface area contributed by atoms with E-state index in [2.05, 4.69) is 26.7 Å². The number of sulfone groups is 1. The summed E-state index contributed by atoms with van der Waals surface area (Å²) < 4.78 is 57.6. The molecule has 3 aliphatic heterocycles. The van der Waals surface area contributed by atoms with Crippen LogP contribution in [0.1, 0.15) is 45.4 Å². The van der Waals surface area contributed by atoms with Gasteiger partial charge in [-0.25, -0.2) is 8.42 Å². The molecule has 0 radical (unpaired) electrons. The first-order valence-electron chi connectivity index (χ1n) is 16.3. The molecule has 0 saturated carbocycles. The Kier molecular flexibility index (Phi) is 13.8. The molecule has 256 valence electrons. The first-order chi connectivity index (χ1) is 22.1. The van der Waals surface area contributed by atoms with Gasteiger partial charge in [0.25, 0.3) is 0 Å². The van der Waals surface area contributed by atoms with Crippen LogP contribution in [0.3, 0.4) is 0 Å². The van der Waals surface area contributed by atoms with E-state index in [0.29, 0.717) is 19.6 Å². The van der Waals surface area contributed by atoms with Gasteiger partial charge in [0.1, 0.15) is 0 Å². The molecule has 10 heteroatoms. The highest BCUT2D eigenvalue weighted by Gasteiger charge is 2.49. The molecular weight excluding hydrogens is 608 g/mol. The second kappa shape index (κ2) is 17.3. The van der Waals surface area contributed by atoms with Crippen LogP contribution in [-0.4, -0.2) is 100 Å². The zero-order valence-corrected chi connectivity index (χ0v) is 28.1. The van der Waals surface area contributed by atoms with Crippen molar-refractivity contribution < 1.29 is 42.3 Å². The quantitative estimate of drug-likeness (QED) is 0.183. The van der Waals surface area contributed by atoms with Gasteiger partial charge in [-0.05, 0) is 48.5 Å². The molecule has 10 atom stereocenters. The Hall–Kier alpha value is -2.15. The smallest absolute Gasteiger partial charge is 0.178 e. The van der Waals surface area contributed by atoms with Gasteiger partial charge in [0.05, 0.1) is 79.3 Å². The molecule has 4 rings (SSSR count). The summed E-state index contributed by atoms with van der Waals surface area (Å²) in [5.74, 6) is -0.484. The van der Waals surface area contributed by atoms with Crippen molar-refractivity contribution in [1.29, 1.82) is 0 Å². The number of ether oxygens (including phenoxy) is 5. The molecule has 0 bridgehead atoms. The zero-order chi connectivity index (χ0) is 33.3. The molecule has 2 N–H and O–H groups in total. The highest BCUT2D eigenvalue weighted by molar-refractivity contribution is 7.91. The molecule has 3 fully saturated rings. The predicted octanol–water partition coefficient (Wildman–Crippen LogP) is 4.59. The summed E-state index contributed by atoms with van der Waals surface area (Å²) in [6.45, 7) is 15.0. The molecular formula is C36H52O9S. The minimum Gasteiger partial charge on any atom is -0.394 e. The number of methoxy groups -OCH3 is 1. The van der Waals surface area contributed by atoms with Gasteiger partial charge in [0.15, 0.2) is 9.84 Å². The Balaban J connectivity index is 1.42. The van der Waals surface area contributed by atoms with Gasteiger partial charge in [-0.1, -0.05) is 56.5 Å². The summed E-state index contributed by atoms with van der Waals surface area (Å²) in [5, 5.41) is 19.7. The number of aliphatic hydroxyl groups is 2. The Labute approximate surface area is 274 Å². The first kappa shape index (κ1) is 36.7. The maximum Gasteiger partial charge on any atom is 0.178 e. The van der Waals surface area contributed by atoms with Gasteiger partial charge in [0, 0.05) is 32.3 Å². The highest BCUT2D eigenvalue weighted by Crippen LogP contribution is 2.41. The van der Waals surface area contributed by atoms with E-state index in [1.54, 1.807) is 36.4 Å². The third kappa shape index (κ3) is 9.70.